The maximum absolute atomic E-state index is 13.8. The lowest BCUT2D eigenvalue weighted by Crippen LogP contribution is -2.03. The lowest BCUT2D eigenvalue weighted by molar-refractivity contribution is 0.377. The molecule has 202 valence electrons. The van der Waals surface area contributed by atoms with Crippen LogP contribution in [0.1, 0.15) is 33.4 Å². The van der Waals surface area contributed by atoms with Crippen LogP contribution >= 0.6 is 0 Å². The molecule has 4 aromatic rings. The second-order valence-corrected chi connectivity index (χ2v) is 8.13. The fraction of sp³-hybridized carbons (Fsp3) is 0. The molecule has 0 saturated carbocycles. The van der Waals surface area contributed by atoms with Crippen LogP contribution in [0.5, 0.6) is 0 Å². The number of hydrogen-bond donors (Lipinski definition) is 0. The van der Waals surface area contributed by atoms with E-state index in [-0.39, 0.29) is 0 Å². The summed E-state index contributed by atoms with van der Waals surface area (Å²) in [4.78, 5) is 0. The number of benzene rings is 4. The van der Waals surface area contributed by atoms with E-state index < -0.39 is 69.3 Å². The Kier molecular flexibility index (Phi) is 8.14. The molecular formula is C30H12F10. The van der Waals surface area contributed by atoms with Gasteiger partial charge in [-0.3, -0.25) is 0 Å². The Hall–Kier alpha value is -4.78. The Morgan fingerprint density at radius 3 is 0.850 bits per heavy atom. The summed E-state index contributed by atoms with van der Waals surface area (Å²) < 4.78 is 135. The lowest BCUT2D eigenvalue weighted by atomic mass is 10.1. The molecule has 4 aromatic carbocycles. The molecule has 0 aliphatic heterocycles. The van der Waals surface area contributed by atoms with E-state index in [0.717, 1.165) is 24.3 Å². The zero-order valence-electron chi connectivity index (χ0n) is 19.7. The number of halogens is 10. The van der Waals surface area contributed by atoms with Crippen molar-refractivity contribution in [1.82, 2.24) is 0 Å². The highest BCUT2D eigenvalue weighted by molar-refractivity contribution is 5.71. The van der Waals surface area contributed by atoms with Gasteiger partial charge in [-0.1, -0.05) is 48.3 Å². The third-order valence-corrected chi connectivity index (χ3v) is 5.54. The third kappa shape index (κ3) is 5.64. The van der Waals surface area contributed by atoms with Crippen molar-refractivity contribution in [3.63, 3.8) is 0 Å². The second-order valence-electron chi connectivity index (χ2n) is 8.13. The van der Waals surface area contributed by atoms with E-state index >= 15 is 0 Å². The first-order chi connectivity index (χ1) is 19.0. The Balaban J connectivity index is 1.46. The predicted octanol–water partition coefficient (Wildman–Crippen LogP) is 8.82. The molecule has 0 aliphatic carbocycles. The first-order valence-corrected chi connectivity index (χ1v) is 11.1. The smallest absolute Gasteiger partial charge is 0.200 e. The topological polar surface area (TPSA) is 0 Å². The van der Waals surface area contributed by atoms with Gasteiger partial charge in [0.15, 0.2) is 46.5 Å². The van der Waals surface area contributed by atoms with Crippen LogP contribution in [-0.2, 0) is 0 Å². The van der Waals surface area contributed by atoms with Crippen molar-refractivity contribution in [3.05, 3.63) is 140 Å². The van der Waals surface area contributed by atoms with Crippen molar-refractivity contribution < 1.29 is 43.9 Å². The molecule has 0 aliphatic rings. The zero-order chi connectivity index (χ0) is 29.1. The highest BCUT2D eigenvalue weighted by atomic mass is 19.2. The monoisotopic (exact) mass is 562 g/mol. The van der Waals surface area contributed by atoms with Gasteiger partial charge in [-0.15, -0.1) is 0 Å². The summed E-state index contributed by atoms with van der Waals surface area (Å²) in [6.07, 6.45) is 3.85. The summed E-state index contributed by atoms with van der Waals surface area (Å²) in [7, 11) is 0. The van der Waals surface area contributed by atoms with Crippen LogP contribution in [0.2, 0.25) is 0 Å². The van der Waals surface area contributed by atoms with E-state index in [1.54, 1.807) is 24.3 Å². The van der Waals surface area contributed by atoms with Gasteiger partial charge in [-0.25, -0.2) is 43.9 Å². The molecule has 4 rings (SSSR count). The van der Waals surface area contributed by atoms with Gasteiger partial charge < -0.3 is 0 Å². The Bertz CT molecular complexity index is 1540. The molecule has 0 bridgehead atoms. The summed E-state index contributed by atoms with van der Waals surface area (Å²) >= 11 is 0. The second kappa shape index (κ2) is 11.5. The van der Waals surface area contributed by atoms with Crippen molar-refractivity contribution in [2.75, 3.05) is 0 Å². The van der Waals surface area contributed by atoms with E-state index in [2.05, 4.69) is 11.8 Å². The van der Waals surface area contributed by atoms with Gasteiger partial charge in [0.2, 0.25) is 11.6 Å². The van der Waals surface area contributed by atoms with Gasteiger partial charge in [0.1, 0.15) is 0 Å². The highest BCUT2D eigenvalue weighted by Gasteiger charge is 2.25. The molecule has 0 heterocycles. The fourth-order valence-corrected chi connectivity index (χ4v) is 3.39. The van der Waals surface area contributed by atoms with Crippen LogP contribution < -0.4 is 0 Å². The molecular weight excluding hydrogens is 550 g/mol. The molecule has 0 amide bonds. The molecule has 10 heteroatoms. The normalized spacial score (nSPS) is 11.3. The third-order valence-electron chi connectivity index (χ3n) is 5.54. The van der Waals surface area contributed by atoms with Crippen molar-refractivity contribution in [2.24, 2.45) is 0 Å². The van der Waals surface area contributed by atoms with E-state index in [1.165, 1.54) is 24.3 Å². The van der Waals surface area contributed by atoms with Gasteiger partial charge in [0.05, 0.1) is 11.1 Å². The maximum atomic E-state index is 13.8. The van der Waals surface area contributed by atoms with Crippen LogP contribution in [0.3, 0.4) is 0 Å². The van der Waals surface area contributed by atoms with Crippen LogP contribution in [0.15, 0.2) is 48.5 Å². The average molecular weight is 562 g/mol. The zero-order valence-corrected chi connectivity index (χ0v) is 19.7. The van der Waals surface area contributed by atoms with Gasteiger partial charge in [-0.2, -0.15) is 0 Å². The standard InChI is InChI=1S/C30H12F10/c31-21-19(22(32)26(36)29(39)25(21)35)13-11-17-7-3-15(4-8-17)1-2-16-5-9-18(10-6-16)12-14-20-23(33)27(37)30(40)28(38)24(20)34/h3-14H/b13-11+,14-12+. The van der Waals surface area contributed by atoms with Crippen LogP contribution in [0.25, 0.3) is 24.3 Å². The molecule has 0 saturated heterocycles. The predicted molar refractivity (Wildman–Crippen MR) is 129 cm³/mol. The molecule has 0 fully saturated rings. The number of hydrogen-bond acceptors (Lipinski definition) is 0. The molecule has 0 N–H and O–H groups in total. The van der Waals surface area contributed by atoms with Gasteiger partial charge in [0, 0.05) is 11.1 Å². The first kappa shape index (κ1) is 28.2. The molecule has 0 atom stereocenters. The summed E-state index contributed by atoms with van der Waals surface area (Å²) in [5.74, 6) is -14.8. The van der Waals surface area contributed by atoms with Gasteiger partial charge in [0.25, 0.3) is 0 Å². The van der Waals surface area contributed by atoms with Crippen molar-refractivity contribution in [2.45, 2.75) is 0 Å². The Labute approximate surface area is 220 Å². The largest absolute Gasteiger partial charge is 0.203 e. The molecule has 0 unspecified atom stereocenters. The van der Waals surface area contributed by atoms with Gasteiger partial charge >= 0.3 is 0 Å². The fourth-order valence-electron chi connectivity index (χ4n) is 3.39. The summed E-state index contributed by atoms with van der Waals surface area (Å²) in [6.45, 7) is 0. The van der Waals surface area contributed by atoms with Crippen LogP contribution in [0, 0.1) is 70.0 Å². The van der Waals surface area contributed by atoms with E-state index in [4.69, 9.17) is 0 Å². The Morgan fingerprint density at radius 2 is 0.575 bits per heavy atom. The summed E-state index contributed by atoms with van der Waals surface area (Å²) in [5, 5.41) is 0. The Morgan fingerprint density at radius 1 is 0.325 bits per heavy atom. The number of rotatable bonds is 4. The van der Waals surface area contributed by atoms with E-state index in [1.807, 2.05) is 0 Å². The van der Waals surface area contributed by atoms with E-state index in [0.29, 0.717) is 22.3 Å². The van der Waals surface area contributed by atoms with Crippen molar-refractivity contribution >= 4 is 24.3 Å². The minimum Gasteiger partial charge on any atom is -0.203 e. The summed E-state index contributed by atoms with van der Waals surface area (Å²) in [6, 6.07) is 12.2. The lowest BCUT2D eigenvalue weighted by Gasteiger charge is -2.04. The van der Waals surface area contributed by atoms with Gasteiger partial charge in [-0.05, 0) is 47.5 Å². The van der Waals surface area contributed by atoms with Crippen LogP contribution in [-0.4, -0.2) is 0 Å². The van der Waals surface area contributed by atoms with Crippen molar-refractivity contribution in [1.29, 1.82) is 0 Å². The molecule has 40 heavy (non-hydrogen) atoms. The SMILES string of the molecule is Fc1c(F)c(F)c(/C=C/c2ccc(C#Cc3ccc(/C=C/c4c(F)c(F)c(F)c(F)c4F)cc3)cc2)c(F)c1F. The quantitative estimate of drug-likeness (QED) is 0.0767. The minimum atomic E-state index is -2.25. The molecule has 0 nitrogen and oxygen atoms in total. The minimum absolute atomic E-state index is 0.388. The molecule has 0 radical (unpaired) electrons. The van der Waals surface area contributed by atoms with Crippen LogP contribution in [0.4, 0.5) is 43.9 Å². The molecule has 0 aromatic heterocycles. The highest BCUT2D eigenvalue weighted by Crippen LogP contribution is 2.26. The van der Waals surface area contributed by atoms with Crippen molar-refractivity contribution in [3.8, 4) is 11.8 Å². The maximum Gasteiger partial charge on any atom is 0.200 e. The summed E-state index contributed by atoms with van der Waals surface area (Å²) in [5.41, 5.74) is -0.345. The first-order valence-electron chi connectivity index (χ1n) is 11.1. The average Bonchev–Trinajstić information content (AvgIpc) is 2.97. The molecule has 0 spiro atoms. The van der Waals surface area contributed by atoms with E-state index in [9.17, 15) is 43.9 Å².